The molecule has 1 fully saturated rings. The van der Waals surface area contributed by atoms with Gasteiger partial charge in [0, 0.05) is 0 Å². The van der Waals surface area contributed by atoms with Crippen molar-refractivity contribution in [3.05, 3.63) is 0 Å². The van der Waals surface area contributed by atoms with Crippen molar-refractivity contribution in [2.45, 2.75) is 38.1 Å². The van der Waals surface area contributed by atoms with E-state index < -0.39 is 0 Å². The van der Waals surface area contributed by atoms with Crippen molar-refractivity contribution in [3.63, 3.8) is 0 Å². The zero-order valence-electron chi connectivity index (χ0n) is 7.35. The van der Waals surface area contributed by atoms with Crippen LogP contribution in [0.2, 0.25) is 0 Å². The third-order valence-electron chi connectivity index (χ3n) is 2.96. The molecule has 0 amide bonds. The molecule has 0 heterocycles. The fraction of sp³-hybridized carbons (Fsp3) is 0.889. The first-order chi connectivity index (χ1) is 5.29. The Morgan fingerprint density at radius 2 is 2.45 bits per heavy atom. The zero-order chi connectivity index (χ0) is 8.32. The van der Waals surface area contributed by atoms with E-state index in [1.807, 2.05) is 7.05 Å². The average molecular weight is 152 g/mol. The van der Waals surface area contributed by atoms with Crippen LogP contribution in [0.3, 0.4) is 0 Å². The highest BCUT2D eigenvalue weighted by Crippen LogP contribution is 2.36. The van der Waals surface area contributed by atoms with Crippen molar-refractivity contribution < 1.29 is 0 Å². The van der Waals surface area contributed by atoms with Crippen LogP contribution in [-0.4, -0.2) is 12.6 Å². The standard InChI is InChI=1S/C9H16N2/c1-3-8-5-4-6-9(8,7-10)11-2/h8,11H,3-6H2,1-2H3. The molecule has 11 heavy (non-hydrogen) atoms. The van der Waals surface area contributed by atoms with Gasteiger partial charge in [-0.25, -0.2) is 0 Å². The molecule has 2 unspecified atom stereocenters. The molecular weight excluding hydrogens is 136 g/mol. The van der Waals surface area contributed by atoms with E-state index in [4.69, 9.17) is 5.26 Å². The van der Waals surface area contributed by atoms with Gasteiger partial charge in [-0.3, -0.25) is 0 Å². The fourth-order valence-electron chi connectivity index (χ4n) is 2.16. The van der Waals surface area contributed by atoms with Gasteiger partial charge in [-0.15, -0.1) is 0 Å². The highest BCUT2D eigenvalue weighted by atomic mass is 15.0. The summed E-state index contributed by atoms with van der Waals surface area (Å²) >= 11 is 0. The smallest absolute Gasteiger partial charge is 0.109 e. The molecule has 0 aromatic rings. The van der Waals surface area contributed by atoms with E-state index in [0.717, 1.165) is 12.8 Å². The van der Waals surface area contributed by atoms with Crippen molar-refractivity contribution in [3.8, 4) is 6.07 Å². The zero-order valence-corrected chi connectivity index (χ0v) is 7.35. The summed E-state index contributed by atoms with van der Waals surface area (Å²) in [5, 5.41) is 12.2. The minimum Gasteiger partial charge on any atom is -0.302 e. The van der Waals surface area contributed by atoms with Gasteiger partial charge in [0.1, 0.15) is 5.54 Å². The molecule has 0 bridgehead atoms. The van der Waals surface area contributed by atoms with Gasteiger partial charge in [0.15, 0.2) is 0 Å². The summed E-state index contributed by atoms with van der Waals surface area (Å²) in [4.78, 5) is 0. The summed E-state index contributed by atoms with van der Waals surface area (Å²) in [5.74, 6) is 0.567. The molecule has 2 atom stereocenters. The Morgan fingerprint density at radius 1 is 1.73 bits per heavy atom. The maximum atomic E-state index is 9.01. The lowest BCUT2D eigenvalue weighted by Gasteiger charge is -2.26. The third kappa shape index (κ3) is 1.25. The van der Waals surface area contributed by atoms with Gasteiger partial charge in [0.25, 0.3) is 0 Å². The normalized spacial score (nSPS) is 37.0. The van der Waals surface area contributed by atoms with Gasteiger partial charge in [-0.05, 0) is 25.8 Å². The maximum Gasteiger partial charge on any atom is 0.109 e. The molecule has 0 aromatic carbocycles. The van der Waals surface area contributed by atoms with Crippen LogP contribution in [0.15, 0.2) is 0 Å². The van der Waals surface area contributed by atoms with E-state index in [0.29, 0.717) is 5.92 Å². The summed E-state index contributed by atoms with van der Waals surface area (Å²) in [7, 11) is 1.90. The number of hydrogen-bond donors (Lipinski definition) is 1. The Labute approximate surface area is 68.6 Å². The largest absolute Gasteiger partial charge is 0.302 e. The Morgan fingerprint density at radius 3 is 2.82 bits per heavy atom. The Hall–Kier alpha value is -0.550. The average Bonchev–Trinajstić information content (AvgIpc) is 2.47. The first-order valence-corrected chi connectivity index (χ1v) is 4.39. The molecule has 2 heteroatoms. The van der Waals surface area contributed by atoms with Crippen molar-refractivity contribution in [2.75, 3.05) is 7.05 Å². The van der Waals surface area contributed by atoms with Crippen molar-refractivity contribution in [1.29, 1.82) is 5.26 Å². The van der Waals surface area contributed by atoms with Crippen LogP contribution in [0, 0.1) is 17.2 Å². The van der Waals surface area contributed by atoms with Gasteiger partial charge < -0.3 is 5.32 Å². The first-order valence-electron chi connectivity index (χ1n) is 4.39. The molecule has 2 nitrogen and oxygen atoms in total. The van der Waals surface area contributed by atoms with E-state index >= 15 is 0 Å². The lowest BCUT2D eigenvalue weighted by molar-refractivity contribution is 0.330. The molecular formula is C9H16N2. The van der Waals surface area contributed by atoms with E-state index in [2.05, 4.69) is 18.3 Å². The fourth-order valence-corrected chi connectivity index (χ4v) is 2.16. The van der Waals surface area contributed by atoms with Gasteiger partial charge in [0.05, 0.1) is 6.07 Å². The SMILES string of the molecule is CCC1CCCC1(C#N)NC. The Bertz CT molecular complexity index is 171. The third-order valence-corrected chi connectivity index (χ3v) is 2.96. The van der Waals surface area contributed by atoms with E-state index in [9.17, 15) is 0 Å². The topological polar surface area (TPSA) is 35.8 Å². The second-order valence-corrected chi connectivity index (χ2v) is 3.33. The molecule has 0 aliphatic heterocycles. The van der Waals surface area contributed by atoms with Crippen LogP contribution in [0.1, 0.15) is 32.6 Å². The van der Waals surface area contributed by atoms with Crippen LogP contribution in [0.25, 0.3) is 0 Å². The van der Waals surface area contributed by atoms with Crippen LogP contribution in [0.4, 0.5) is 0 Å². The van der Waals surface area contributed by atoms with Crippen LogP contribution in [-0.2, 0) is 0 Å². The summed E-state index contributed by atoms with van der Waals surface area (Å²) < 4.78 is 0. The van der Waals surface area contributed by atoms with Crippen molar-refractivity contribution >= 4 is 0 Å². The van der Waals surface area contributed by atoms with E-state index in [1.54, 1.807) is 0 Å². The molecule has 0 spiro atoms. The van der Waals surface area contributed by atoms with Crippen molar-refractivity contribution in [1.82, 2.24) is 5.32 Å². The second-order valence-electron chi connectivity index (χ2n) is 3.33. The lowest BCUT2D eigenvalue weighted by atomic mass is 9.87. The highest BCUT2D eigenvalue weighted by molar-refractivity contribution is 5.13. The monoisotopic (exact) mass is 152 g/mol. The molecule has 0 aromatic heterocycles. The minimum absolute atomic E-state index is 0.200. The van der Waals surface area contributed by atoms with Crippen LogP contribution >= 0.6 is 0 Å². The summed E-state index contributed by atoms with van der Waals surface area (Å²) in [6.07, 6.45) is 4.56. The Kier molecular flexibility index (Phi) is 2.51. The summed E-state index contributed by atoms with van der Waals surface area (Å²) in [6.45, 7) is 2.17. The number of nitriles is 1. The number of rotatable bonds is 2. The molecule has 1 aliphatic rings. The van der Waals surface area contributed by atoms with Crippen molar-refractivity contribution in [2.24, 2.45) is 5.92 Å². The van der Waals surface area contributed by atoms with Gasteiger partial charge in [-0.1, -0.05) is 19.8 Å². The highest BCUT2D eigenvalue weighted by Gasteiger charge is 2.40. The number of nitrogens with zero attached hydrogens (tertiary/aromatic N) is 1. The number of nitrogens with one attached hydrogen (secondary N) is 1. The maximum absolute atomic E-state index is 9.01. The molecule has 1 rings (SSSR count). The minimum atomic E-state index is -0.200. The van der Waals surface area contributed by atoms with E-state index in [1.165, 1.54) is 12.8 Å². The first kappa shape index (κ1) is 8.55. The molecule has 0 saturated heterocycles. The molecule has 0 radical (unpaired) electrons. The molecule has 1 saturated carbocycles. The lowest BCUT2D eigenvalue weighted by Crippen LogP contribution is -2.44. The quantitative estimate of drug-likeness (QED) is 0.653. The summed E-state index contributed by atoms with van der Waals surface area (Å²) in [6, 6.07) is 2.42. The van der Waals surface area contributed by atoms with Crippen LogP contribution < -0.4 is 5.32 Å². The molecule has 1 N–H and O–H groups in total. The summed E-state index contributed by atoms with van der Waals surface area (Å²) in [5.41, 5.74) is -0.200. The predicted octanol–water partition coefficient (Wildman–Crippen LogP) is 1.68. The van der Waals surface area contributed by atoms with Crippen LogP contribution in [0.5, 0.6) is 0 Å². The predicted molar refractivity (Wildman–Crippen MR) is 45.0 cm³/mol. The second kappa shape index (κ2) is 3.23. The Balaban J connectivity index is 2.74. The van der Waals surface area contributed by atoms with Gasteiger partial charge >= 0.3 is 0 Å². The van der Waals surface area contributed by atoms with Gasteiger partial charge in [-0.2, -0.15) is 5.26 Å². The van der Waals surface area contributed by atoms with E-state index in [-0.39, 0.29) is 5.54 Å². The molecule has 62 valence electrons. The number of hydrogen-bond acceptors (Lipinski definition) is 2. The molecule has 1 aliphatic carbocycles. The van der Waals surface area contributed by atoms with Gasteiger partial charge in [0.2, 0.25) is 0 Å².